The number of aryl methyl sites for hydroxylation is 1. The minimum atomic E-state index is -0.470. The van der Waals surface area contributed by atoms with Gasteiger partial charge in [0.25, 0.3) is 5.91 Å². The van der Waals surface area contributed by atoms with Gasteiger partial charge in [0, 0.05) is 19.2 Å². The zero-order valence-electron chi connectivity index (χ0n) is 19.3. The lowest BCUT2D eigenvalue weighted by Gasteiger charge is -2.24. The molecule has 5 nitrogen and oxygen atoms in total. The van der Waals surface area contributed by atoms with Crippen molar-refractivity contribution in [1.29, 1.82) is 0 Å². The molecule has 1 heterocycles. The Labute approximate surface area is 208 Å². The molecule has 5 rings (SSSR count). The Morgan fingerprint density at radius 2 is 1.74 bits per heavy atom. The number of para-hydroxylation sites is 1. The molecule has 1 amide bonds. The lowest BCUT2D eigenvalue weighted by Crippen LogP contribution is -2.33. The summed E-state index contributed by atoms with van der Waals surface area (Å²) in [6.45, 7) is 0.856. The normalized spacial score (nSPS) is 13.0. The summed E-state index contributed by atoms with van der Waals surface area (Å²) in [6.07, 6.45) is 2.17. The molecule has 0 unspecified atom stereocenters. The quantitative estimate of drug-likeness (QED) is 0.276. The van der Waals surface area contributed by atoms with E-state index in [2.05, 4.69) is 0 Å². The van der Waals surface area contributed by atoms with E-state index in [9.17, 15) is 9.18 Å². The number of carbonyl (C=O) groups excluding carboxylic acids is 1. The average molecular weight is 490 g/mol. The monoisotopic (exact) mass is 489 g/mol. The van der Waals surface area contributed by atoms with E-state index in [1.165, 1.54) is 6.07 Å². The number of benzene rings is 3. The number of ether oxygens (including phenoxy) is 1. The van der Waals surface area contributed by atoms with Crippen LogP contribution in [0.2, 0.25) is 5.02 Å². The topological polar surface area (TPSA) is 47.4 Å². The highest BCUT2D eigenvalue weighted by Crippen LogP contribution is 2.37. The highest BCUT2D eigenvalue weighted by atomic mass is 35.5. The molecule has 35 heavy (non-hydrogen) atoms. The van der Waals surface area contributed by atoms with Gasteiger partial charge in [0.1, 0.15) is 5.69 Å². The summed E-state index contributed by atoms with van der Waals surface area (Å²) in [5.74, 6) is 0.323. The van der Waals surface area contributed by atoms with Crippen LogP contribution >= 0.6 is 11.6 Å². The molecular weight excluding hydrogens is 465 g/mol. The SMILES string of the molecule is Cn1nc(-c2ccccc2)c(CN(CC2CC2)C(=O)c2ccccc2Cl)c1Oc1ccccc1F. The zero-order valence-corrected chi connectivity index (χ0v) is 20.1. The lowest BCUT2D eigenvalue weighted by molar-refractivity contribution is 0.0734. The fourth-order valence-corrected chi connectivity index (χ4v) is 4.33. The van der Waals surface area contributed by atoms with Crippen LogP contribution in [-0.2, 0) is 13.6 Å². The Kier molecular flexibility index (Phi) is 6.55. The van der Waals surface area contributed by atoms with Crippen molar-refractivity contribution in [3.63, 3.8) is 0 Å². The average Bonchev–Trinajstić information content (AvgIpc) is 3.64. The third kappa shape index (κ3) is 5.08. The first-order chi connectivity index (χ1) is 17.0. The van der Waals surface area contributed by atoms with Crippen LogP contribution < -0.4 is 4.74 Å². The third-order valence-electron chi connectivity index (χ3n) is 6.09. The van der Waals surface area contributed by atoms with Gasteiger partial charge in [-0.25, -0.2) is 9.07 Å². The first kappa shape index (κ1) is 23.1. The van der Waals surface area contributed by atoms with Crippen molar-refractivity contribution in [2.24, 2.45) is 13.0 Å². The summed E-state index contributed by atoms with van der Waals surface area (Å²) < 4.78 is 22.1. The van der Waals surface area contributed by atoms with Gasteiger partial charge in [-0.2, -0.15) is 5.10 Å². The van der Waals surface area contributed by atoms with Crippen molar-refractivity contribution in [2.45, 2.75) is 19.4 Å². The highest BCUT2D eigenvalue weighted by molar-refractivity contribution is 6.33. The number of carbonyl (C=O) groups is 1. The van der Waals surface area contributed by atoms with Gasteiger partial charge in [-0.3, -0.25) is 4.79 Å². The molecule has 0 bridgehead atoms. The predicted octanol–water partition coefficient (Wildman–Crippen LogP) is 6.72. The first-order valence-electron chi connectivity index (χ1n) is 11.6. The molecule has 178 valence electrons. The van der Waals surface area contributed by atoms with Crippen LogP contribution in [0, 0.1) is 11.7 Å². The summed E-state index contributed by atoms with van der Waals surface area (Å²) in [5.41, 5.74) is 2.74. The molecule has 0 radical (unpaired) electrons. The van der Waals surface area contributed by atoms with E-state index >= 15 is 0 Å². The number of hydrogen-bond donors (Lipinski definition) is 0. The maximum absolute atomic E-state index is 14.5. The van der Waals surface area contributed by atoms with E-state index in [1.807, 2.05) is 30.3 Å². The molecule has 1 aliphatic rings. The Morgan fingerprint density at radius 1 is 1.06 bits per heavy atom. The molecule has 0 N–H and O–H groups in total. The number of rotatable bonds is 8. The molecule has 1 aromatic heterocycles. The fraction of sp³-hybridized carbons (Fsp3) is 0.214. The molecule has 3 aromatic carbocycles. The minimum Gasteiger partial charge on any atom is -0.436 e. The van der Waals surface area contributed by atoms with Crippen LogP contribution in [0.5, 0.6) is 11.6 Å². The Balaban J connectivity index is 1.58. The standard InChI is InChI=1S/C28H25ClFN3O2/c1-32-28(35-25-14-8-7-13-24(25)30)22(26(31-32)20-9-3-2-4-10-20)18-33(17-19-15-16-19)27(34)21-11-5-6-12-23(21)29/h2-14,19H,15-18H2,1H3. The molecule has 0 saturated heterocycles. The molecule has 4 aromatic rings. The van der Waals surface area contributed by atoms with Crippen LogP contribution in [0.3, 0.4) is 0 Å². The molecular formula is C28H25ClFN3O2. The Morgan fingerprint density at radius 3 is 2.46 bits per heavy atom. The second kappa shape index (κ2) is 9.92. The summed E-state index contributed by atoms with van der Waals surface area (Å²) >= 11 is 6.38. The van der Waals surface area contributed by atoms with E-state index < -0.39 is 5.82 Å². The van der Waals surface area contributed by atoms with Crippen molar-refractivity contribution in [1.82, 2.24) is 14.7 Å². The summed E-state index contributed by atoms with van der Waals surface area (Å²) in [6, 6.07) is 23.0. The van der Waals surface area contributed by atoms with E-state index in [-0.39, 0.29) is 18.2 Å². The molecule has 7 heteroatoms. The second-order valence-electron chi connectivity index (χ2n) is 8.76. The van der Waals surface area contributed by atoms with Crippen molar-refractivity contribution >= 4 is 17.5 Å². The van der Waals surface area contributed by atoms with Gasteiger partial charge in [-0.1, -0.05) is 66.2 Å². The number of amides is 1. The van der Waals surface area contributed by atoms with Crippen LogP contribution in [-0.4, -0.2) is 27.1 Å². The van der Waals surface area contributed by atoms with Crippen LogP contribution in [0.15, 0.2) is 78.9 Å². The molecule has 0 spiro atoms. The van der Waals surface area contributed by atoms with Crippen LogP contribution in [0.25, 0.3) is 11.3 Å². The van der Waals surface area contributed by atoms with Crippen molar-refractivity contribution < 1.29 is 13.9 Å². The van der Waals surface area contributed by atoms with E-state index in [1.54, 1.807) is 59.1 Å². The molecule has 1 fully saturated rings. The van der Waals surface area contributed by atoms with E-state index in [4.69, 9.17) is 21.4 Å². The zero-order chi connectivity index (χ0) is 24.4. The molecule has 0 aliphatic heterocycles. The van der Waals surface area contributed by atoms with Crippen molar-refractivity contribution in [3.8, 4) is 22.9 Å². The smallest absolute Gasteiger partial charge is 0.255 e. The first-order valence-corrected chi connectivity index (χ1v) is 12.0. The van der Waals surface area contributed by atoms with Gasteiger partial charge in [-0.15, -0.1) is 0 Å². The van der Waals surface area contributed by atoms with Gasteiger partial charge < -0.3 is 9.64 Å². The maximum atomic E-state index is 14.5. The van der Waals surface area contributed by atoms with Crippen LogP contribution in [0.1, 0.15) is 28.8 Å². The number of aromatic nitrogens is 2. The summed E-state index contributed by atoms with van der Waals surface area (Å²) in [4.78, 5) is 15.4. The van der Waals surface area contributed by atoms with Crippen molar-refractivity contribution in [2.75, 3.05) is 6.54 Å². The molecule has 1 aliphatic carbocycles. The van der Waals surface area contributed by atoms with E-state index in [0.29, 0.717) is 40.2 Å². The van der Waals surface area contributed by atoms with E-state index in [0.717, 1.165) is 18.4 Å². The van der Waals surface area contributed by atoms with Gasteiger partial charge >= 0.3 is 0 Å². The second-order valence-corrected chi connectivity index (χ2v) is 9.17. The van der Waals surface area contributed by atoms with Gasteiger partial charge in [0.05, 0.1) is 22.7 Å². The van der Waals surface area contributed by atoms with Gasteiger partial charge in [0.15, 0.2) is 11.6 Å². The largest absolute Gasteiger partial charge is 0.436 e. The maximum Gasteiger partial charge on any atom is 0.255 e. The van der Waals surface area contributed by atoms with Gasteiger partial charge in [-0.05, 0) is 43.0 Å². The number of hydrogen-bond acceptors (Lipinski definition) is 3. The van der Waals surface area contributed by atoms with Gasteiger partial charge in [0.2, 0.25) is 5.88 Å². The fourth-order valence-electron chi connectivity index (χ4n) is 4.11. The lowest BCUT2D eigenvalue weighted by atomic mass is 10.1. The van der Waals surface area contributed by atoms with Crippen molar-refractivity contribution in [3.05, 3.63) is 101 Å². The summed E-state index contributed by atoms with van der Waals surface area (Å²) in [5, 5.41) is 5.12. The third-order valence-corrected chi connectivity index (χ3v) is 6.42. The minimum absolute atomic E-state index is 0.0996. The highest BCUT2D eigenvalue weighted by Gasteiger charge is 2.31. The Bertz CT molecular complexity index is 1350. The van der Waals surface area contributed by atoms with Crippen LogP contribution in [0.4, 0.5) is 4.39 Å². The number of halogens is 2. The number of nitrogens with zero attached hydrogens (tertiary/aromatic N) is 3. The predicted molar refractivity (Wildman–Crippen MR) is 134 cm³/mol. The molecule has 1 saturated carbocycles. The summed E-state index contributed by atoms with van der Waals surface area (Å²) in [7, 11) is 1.76. The Hall–Kier alpha value is -3.64. The molecule has 0 atom stereocenters.